The van der Waals surface area contributed by atoms with Gasteiger partial charge in [-0.05, 0) is 24.3 Å². The minimum absolute atomic E-state index is 0.125. The van der Waals surface area contributed by atoms with E-state index in [2.05, 4.69) is 10.2 Å². The second kappa shape index (κ2) is 6.94. The quantitative estimate of drug-likeness (QED) is 0.628. The van der Waals surface area contributed by atoms with E-state index in [0.717, 1.165) is 0 Å². The number of esters is 1. The van der Waals surface area contributed by atoms with Gasteiger partial charge in [-0.25, -0.2) is 4.79 Å². The molecule has 0 saturated heterocycles. The van der Waals surface area contributed by atoms with Crippen LogP contribution in [0.25, 0.3) is 11.7 Å². The summed E-state index contributed by atoms with van der Waals surface area (Å²) < 4.78 is 20.6. The Morgan fingerprint density at radius 1 is 1.25 bits per heavy atom. The summed E-state index contributed by atoms with van der Waals surface area (Å²) in [6.07, 6.45) is 1.48. The first-order chi connectivity index (χ1) is 11.6. The summed E-state index contributed by atoms with van der Waals surface area (Å²) in [4.78, 5) is 12.1. The lowest BCUT2D eigenvalue weighted by Crippen LogP contribution is -2.06. The van der Waals surface area contributed by atoms with Crippen molar-refractivity contribution in [1.29, 1.82) is 0 Å². The molecule has 2 heterocycles. The van der Waals surface area contributed by atoms with Crippen LogP contribution in [0.3, 0.4) is 0 Å². The highest BCUT2D eigenvalue weighted by Crippen LogP contribution is 2.34. The highest BCUT2D eigenvalue weighted by molar-refractivity contribution is 6.37. The van der Waals surface area contributed by atoms with Gasteiger partial charge in [0.05, 0.1) is 29.0 Å². The third-order valence-corrected chi connectivity index (χ3v) is 3.53. The van der Waals surface area contributed by atoms with Crippen LogP contribution in [0.5, 0.6) is 5.75 Å². The zero-order valence-electron chi connectivity index (χ0n) is 12.3. The fourth-order valence-corrected chi connectivity index (χ4v) is 2.54. The van der Waals surface area contributed by atoms with Crippen molar-refractivity contribution in [1.82, 2.24) is 10.2 Å². The van der Waals surface area contributed by atoms with E-state index in [-0.39, 0.29) is 39.7 Å². The predicted octanol–water partition coefficient (Wildman–Crippen LogP) is 4.00. The lowest BCUT2D eigenvalue weighted by Gasteiger charge is -2.08. The predicted molar refractivity (Wildman–Crippen MR) is 84.1 cm³/mol. The summed E-state index contributed by atoms with van der Waals surface area (Å²) in [6.45, 7) is -0.201. The molecule has 0 saturated carbocycles. The van der Waals surface area contributed by atoms with Crippen LogP contribution in [-0.2, 0) is 11.3 Å². The molecule has 0 amide bonds. The van der Waals surface area contributed by atoms with Crippen LogP contribution in [0.4, 0.5) is 0 Å². The Bertz CT molecular complexity index is 838. The fourth-order valence-electron chi connectivity index (χ4n) is 1.90. The van der Waals surface area contributed by atoms with Gasteiger partial charge in [-0.1, -0.05) is 23.2 Å². The number of rotatable bonds is 5. The topological polar surface area (TPSA) is 87.6 Å². The number of nitrogens with zero attached hydrogens (tertiary/aromatic N) is 2. The molecule has 9 heteroatoms. The highest BCUT2D eigenvalue weighted by atomic mass is 35.5. The molecule has 0 aliphatic rings. The van der Waals surface area contributed by atoms with E-state index in [1.807, 2.05) is 0 Å². The van der Waals surface area contributed by atoms with Crippen LogP contribution in [0, 0.1) is 0 Å². The van der Waals surface area contributed by atoms with Crippen LogP contribution in [0.2, 0.25) is 10.0 Å². The van der Waals surface area contributed by atoms with Gasteiger partial charge >= 0.3 is 5.97 Å². The normalized spacial score (nSPS) is 10.6. The van der Waals surface area contributed by atoms with E-state index < -0.39 is 5.97 Å². The third-order valence-electron chi connectivity index (χ3n) is 2.96. The second-order valence-corrected chi connectivity index (χ2v) is 5.34. The molecule has 3 rings (SSSR count). The van der Waals surface area contributed by atoms with E-state index in [1.54, 1.807) is 12.1 Å². The van der Waals surface area contributed by atoms with Gasteiger partial charge in [0, 0.05) is 0 Å². The molecule has 3 aromatic rings. The SMILES string of the molecule is COc1c(Cl)cc(C(=O)OCc2nnc(-c3ccco3)o2)cc1Cl. The molecule has 0 atom stereocenters. The zero-order chi connectivity index (χ0) is 17.1. The standard InChI is InChI=1S/C15H10Cl2N2O5/c1-21-13-9(16)5-8(6-10(13)17)15(20)23-7-12-18-19-14(24-12)11-3-2-4-22-11/h2-6H,7H2,1H3. The van der Waals surface area contributed by atoms with Gasteiger partial charge in [0.2, 0.25) is 0 Å². The third kappa shape index (κ3) is 3.37. The maximum absolute atomic E-state index is 12.1. The minimum atomic E-state index is -0.640. The van der Waals surface area contributed by atoms with Crippen molar-refractivity contribution >= 4 is 29.2 Å². The van der Waals surface area contributed by atoms with Crippen LogP contribution in [0.1, 0.15) is 16.2 Å². The van der Waals surface area contributed by atoms with Gasteiger partial charge in [0.1, 0.15) is 0 Å². The van der Waals surface area contributed by atoms with Crippen molar-refractivity contribution < 1.29 is 23.1 Å². The van der Waals surface area contributed by atoms with Gasteiger partial charge in [-0.15, -0.1) is 10.2 Å². The molecule has 24 heavy (non-hydrogen) atoms. The number of benzene rings is 1. The van der Waals surface area contributed by atoms with Gasteiger partial charge < -0.3 is 18.3 Å². The monoisotopic (exact) mass is 368 g/mol. The number of hydrogen-bond donors (Lipinski definition) is 0. The number of ether oxygens (including phenoxy) is 2. The van der Waals surface area contributed by atoms with Gasteiger partial charge in [0.25, 0.3) is 11.8 Å². The molecule has 124 valence electrons. The molecule has 0 N–H and O–H groups in total. The number of carbonyl (C=O) groups is 1. The van der Waals surface area contributed by atoms with Gasteiger partial charge in [-0.3, -0.25) is 0 Å². The Hall–Kier alpha value is -2.51. The number of aromatic nitrogens is 2. The summed E-state index contributed by atoms with van der Waals surface area (Å²) in [5, 5.41) is 7.98. The lowest BCUT2D eigenvalue weighted by atomic mass is 10.2. The largest absolute Gasteiger partial charge is 0.494 e. The molecule has 1 aromatic carbocycles. The molecular formula is C15H10Cl2N2O5. The lowest BCUT2D eigenvalue weighted by molar-refractivity contribution is 0.0438. The molecule has 0 bridgehead atoms. The first kappa shape index (κ1) is 16.4. The number of hydrogen-bond acceptors (Lipinski definition) is 7. The molecule has 0 unspecified atom stereocenters. The first-order valence-electron chi connectivity index (χ1n) is 6.65. The molecule has 7 nitrogen and oxygen atoms in total. The number of furan rings is 1. The minimum Gasteiger partial charge on any atom is -0.494 e. The average Bonchev–Trinajstić information content (AvgIpc) is 3.23. The molecule has 2 aromatic heterocycles. The molecule has 0 fully saturated rings. The molecule has 0 radical (unpaired) electrons. The van der Waals surface area contributed by atoms with Crippen LogP contribution < -0.4 is 4.74 Å². The molecule has 0 aliphatic carbocycles. The highest BCUT2D eigenvalue weighted by Gasteiger charge is 2.17. The number of carbonyl (C=O) groups excluding carboxylic acids is 1. The van der Waals surface area contributed by atoms with E-state index >= 15 is 0 Å². The first-order valence-corrected chi connectivity index (χ1v) is 7.40. The van der Waals surface area contributed by atoms with Crippen molar-refractivity contribution in [3.63, 3.8) is 0 Å². The van der Waals surface area contributed by atoms with Crippen molar-refractivity contribution in [2.24, 2.45) is 0 Å². The van der Waals surface area contributed by atoms with E-state index in [9.17, 15) is 4.79 Å². The number of halogens is 2. The Balaban J connectivity index is 1.68. The average molecular weight is 369 g/mol. The summed E-state index contributed by atoms with van der Waals surface area (Å²) in [6, 6.07) is 6.16. The molecule has 0 aliphatic heterocycles. The Morgan fingerprint density at radius 2 is 2.00 bits per heavy atom. The summed E-state index contributed by atoms with van der Waals surface area (Å²) in [7, 11) is 1.43. The Morgan fingerprint density at radius 3 is 2.62 bits per heavy atom. The maximum atomic E-state index is 12.1. The van der Waals surface area contributed by atoms with Crippen LogP contribution in [-0.4, -0.2) is 23.3 Å². The van der Waals surface area contributed by atoms with Crippen LogP contribution >= 0.6 is 23.2 Å². The fraction of sp³-hybridized carbons (Fsp3) is 0.133. The van der Waals surface area contributed by atoms with Gasteiger partial charge in [-0.2, -0.15) is 0 Å². The summed E-state index contributed by atoms with van der Waals surface area (Å²) in [5.74, 6) is 0.393. The van der Waals surface area contributed by atoms with E-state index in [4.69, 9.17) is 41.5 Å². The van der Waals surface area contributed by atoms with Crippen molar-refractivity contribution in [3.8, 4) is 17.4 Å². The molecule has 0 spiro atoms. The maximum Gasteiger partial charge on any atom is 0.338 e. The second-order valence-electron chi connectivity index (χ2n) is 4.53. The van der Waals surface area contributed by atoms with E-state index in [1.165, 1.54) is 25.5 Å². The number of methoxy groups -OCH3 is 1. The Kier molecular flexibility index (Phi) is 4.73. The van der Waals surface area contributed by atoms with Gasteiger partial charge in [0.15, 0.2) is 18.1 Å². The zero-order valence-corrected chi connectivity index (χ0v) is 13.8. The smallest absolute Gasteiger partial charge is 0.338 e. The van der Waals surface area contributed by atoms with Crippen molar-refractivity contribution in [2.45, 2.75) is 6.61 Å². The van der Waals surface area contributed by atoms with Crippen LogP contribution in [0.15, 0.2) is 39.4 Å². The van der Waals surface area contributed by atoms with E-state index in [0.29, 0.717) is 5.76 Å². The molecular weight excluding hydrogens is 359 g/mol. The van der Waals surface area contributed by atoms with Crippen molar-refractivity contribution in [2.75, 3.05) is 7.11 Å². The summed E-state index contributed by atoms with van der Waals surface area (Å²) >= 11 is 12.0. The van der Waals surface area contributed by atoms with Crippen molar-refractivity contribution in [3.05, 3.63) is 52.0 Å². The summed E-state index contributed by atoms with van der Waals surface area (Å²) in [5.41, 5.74) is 0.177. The Labute approximate surface area is 146 Å².